The van der Waals surface area contributed by atoms with Crippen LogP contribution in [0.1, 0.15) is 31.0 Å². The third kappa shape index (κ3) is 5.06. The molecule has 1 N–H and O–H groups in total. The quantitative estimate of drug-likeness (QED) is 0.664. The molecule has 9 heteroatoms. The molecule has 33 heavy (non-hydrogen) atoms. The molecule has 0 bridgehead atoms. The second-order valence-electron chi connectivity index (χ2n) is 8.52. The maximum atomic E-state index is 13.2. The highest BCUT2D eigenvalue weighted by Gasteiger charge is 2.31. The minimum absolute atomic E-state index is 0.0178. The molecule has 0 aliphatic carbocycles. The van der Waals surface area contributed by atoms with Gasteiger partial charge in [-0.3, -0.25) is 9.69 Å². The van der Waals surface area contributed by atoms with Gasteiger partial charge >= 0.3 is 0 Å². The molecule has 2 aliphatic rings. The topological polar surface area (TPSA) is 88.2 Å². The normalized spacial score (nSPS) is 19.8. The first-order valence-corrected chi connectivity index (χ1v) is 12.7. The number of ether oxygens (including phenoxy) is 2. The first-order chi connectivity index (χ1) is 15.8. The number of carbonyl (C=O) groups excluding carboxylic acids is 1. The first-order valence-electron chi connectivity index (χ1n) is 11.2. The van der Waals surface area contributed by atoms with E-state index in [9.17, 15) is 13.2 Å². The zero-order chi connectivity index (χ0) is 23.6. The van der Waals surface area contributed by atoms with E-state index in [0.29, 0.717) is 19.6 Å². The zero-order valence-corrected chi connectivity index (χ0v) is 20.1. The van der Waals surface area contributed by atoms with Crippen molar-refractivity contribution >= 4 is 21.6 Å². The monoisotopic (exact) mass is 473 g/mol. The third-order valence-corrected chi connectivity index (χ3v) is 7.79. The van der Waals surface area contributed by atoms with E-state index < -0.39 is 10.0 Å². The molecular formula is C24H31N3O5S. The number of morpholine rings is 1. The molecule has 0 spiro atoms. The number of fused-ring (bicyclic) bond motifs is 1. The second-order valence-corrected chi connectivity index (χ2v) is 10.3. The molecule has 2 atom stereocenters. The summed E-state index contributed by atoms with van der Waals surface area (Å²) in [6, 6.07) is 12.6. The van der Waals surface area contributed by atoms with Crippen molar-refractivity contribution in [3.8, 4) is 5.75 Å². The van der Waals surface area contributed by atoms with Crippen LogP contribution >= 0.6 is 0 Å². The summed E-state index contributed by atoms with van der Waals surface area (Å²) >= 11 is 0. The fraction of sp³-hybridized carbons (Fsp3) is 0.458. The predicted octanol–water partition coefficient (Wildman–Crippen LogP) is 2.34. The van der Waals surface area contributed by atoms with Crippen molar-refractivity contribution in [1.29, 1.82) is 0 Å². The Labute approximate surface area is 195 Å². The van der Waals surface area contributed by atoms with Gasteiger partial charge in [0.2, 0.25) is 15.9 Å². The van der Waals surface area contributed by atoms with Gasteiger partial charge in [0.15, 0.2) is 0 Å². The van der Waals surface area contributed by atoms with Crippen molar-refractivity contribution < 1.29 is 22.7 Å². The number of sulfonamides is 1. The molecule has 1 saturated heterocycles. The Balaban J connectivity index is 1.54. The van der Waals surface area contributed by atoms with Gasteiger partial charge in [-0.1, -0.05) is 12.1 Å². The van der Waals surface area contributed by atoms with Gasteiger partial charge in [-0.05, 0) is 54.8 Å². The van der Waals surface area contributed by atoms with E-state index in [1.807, 2.05) is 31.2 Å². The number of benzene rings is 2. The highest BCUT2D eigenvalue weighted by atomic mass is 32.2. The Morgan fingerprint density at radius 1 is 1.18 bits per heavy atom. The molecule has 178 valence electrons. The van der Waals surface area contributed by atoms with Crippen LogP contribution in [-0.2, 0) is 26.0 Å². The van der Waals surface area contributed by atoms with Crippen molar-refractivity contribution in [2.24, 2.45) is 0 Å². The van der Waals surface area contributed by atoms with E-state index in [1.54, 1.807) is 30.2 Å². The van der Waals surface area contributed by atoms with E-state index in [1.165, 1.54) is 6.92 Å². The van der Waals surface area contributed by atoms with Crippen LogP contribution in [0.4, 0.5) is 5.69 Å². The molecule has 1 fully saturated rings. The van der Waals surface area contributed by atoms with Crippen LogP contribution in [0.15, 0.2) is 47.4 Å². The molecule has 8 nitrogen and oxygen atoms in total. The van der Waals surface area contributed by atoms with Crippen molar-refractivity contribution in [2.75, 3.05) is 44.9 Å². The van der Waals surface area contributed by atoms with Crippen molar-refractivity contribution in [2.45, 2.75) is 37.2 Å². The molecule has 2 heterocycles. The summed E-state index contributed by atoms with van der Waals surface area (Å²) in [4.78, 5) is 16.2. The largest absolute Gasteiger partial charge is 0.497 e. The van der Waals surface area contributed by atoms with Gasteiger partial charge in [-0.2, -0.15) is 0 Å². The fourth-order valence-corrected chi connectivity index (χ4v) is 5.79. The molecule has 1 amide bonds. The molecule has 0 saturated carbocycles. The van der Waals surface area contributed by atoms with E-state index >= 15 is 0 Å². The van der Waals surface area contributed by atoms with Gasteiger partial charge in [0.1, 0.15) is 5.75 Å². The molecule has 0 aromatic heterocycles. The van der Waals surface area contributed by atoms with Crippen LogP contribution in [0, 0.1) is 0 Å². The van der Waals surface area contributed by atoms with Crippen molar-refractivity contribution in [3.63, 3.8) is 0 Å². The molecule has 4 rings (SSSR count). The summed E-state index contributed by atoms with van der Waals surface area (Å²) in [7, 11) is -2.11. The number of hydrogen-bond acceptors (Lipinski definition) is 6. The Hall–Kier alpha value is -2.46. The number of nitrogens with zero attached hydrogens (tertiary/aromatic N) is 2. The lowest BCUT2D eigenvalue weighted by molar-refractivity contribution is -0.116. The Kier molecular flexibility index (Phi) is 7.04. The Bertz CT molecular complexity index is 1100. The number of methoxy groups -OCH3 is 1. The number of carbonyl (C=O) groups is 1. The number of rotatable bonds is 7. The van der Waals surface area contributed by atoms with Gasteiger partial charge in [0.05, 0.1) is 25.2 Å². The molecule has 2 aromatic rings. The maximum Gasteiger partial charge on any atom is 0.240 e. The minimum Gasteiger partial charge on any atom is -0.497 e. The zero-order valence-electron chi connectivity index (χ0n) is 19.3. The van der Waals surface area contributed by atoms with Gasteiger partial charge < -0.3 is 14.4 Å². The maximum absolute atomic E-state index is 13.2. The summed E-state index contributed by atoms with van der Waals surface area (Å²) in [6.07, 6.45) is 0.639. The highest BCUT2D eigenvalue weighted by Crippen LogP contribution is 2.34. The van der Waals surface area contributed by atoms with Gasteiger partial charge in [-0.15, -0.1) is 0 Å². The van der Waals surface area contributed by atoms with Crippen molar-refractivity contribution in [1.82, 2.24) is 9.62 Å². The van der Waals surface area contributed by atoms with Crippen LogP contribution in [0.3, 0.4) is 0 Å². The van der Waals surface area contributed by atoms with Crippen LogP contribution in [-0.4, -0.2) is 65.2 Å². The summed E-state index contributed by atoms with van der Waals surface area (Å²) in [5.41, 5.74) is 2.68. The second kappa shape index (κ2) is 9.80. The summed E-state index contributed by atoms with van der Waals surface area (Å²) in [6.45, 7) is 6.44. The van der Waals surface area contributed by atoms with Crippen LogP contribution in [0.2, 0.25) is 0 Å². The molecular weight excluding hydrogens is 442 g/mol. The molecule has 0 radical (unpaired) electrons. The van der Waals surface area contributed by atoms with E-state index in [-0.39, 0.29) is 29.4 Å². The number of nitrogens with one attached hydrogen (secondary N) is 1. The summed E-state index contributed by atoms with van der Waals surface area (Å²) in [5.74, 6) is 0.717. The molecule has 0 unspecified atom stereocenters. The average Bonchev–Trinajstić information content (AvgIpc) is 3.15. The average molecular weight is 474 g/mol. The number of hydrogen-bond donors (Lipinski definition) is 1. The lowest BCUT2D eigenvalue weighted by Crippen LogP contribution is -2.43. The lowest BCUT2D eigenvalue weighted by atomic mass is 10.0. The van der Waals surface area contributed by atoms with E-state index in [0.717, 1.165) is 35.7 Å². The number of anilines is 1. The molecule has 2 aromatic carbocycles. The Morgan fingerprint density at radius 3 is 2.52 bits per heavy atom. The van der Waals surface area contributed by atoms with Crippen molar-refractivity contribution in [3.05, 3.63) is 53.6 Å². The van der Waals surface area contributed by atoms with Gasteiger partial charge in [-0.25, -0.2) is 13.1 Å². The van der Waals surface area contributed by atoms with E-state index in [4.69, 9.17) is 9.47 Å². The van der Waals surface area contributed by atoms with E-state index in [2.05, 4.69) is 9.62 Å². The molecule has 2 aliphatic heterocycles. The Morgan fingerprint density at radius 2 is 1.88 bits per heavy atom. The smallest absolute Gasteiger partial charge is 0.240 e. The number of amides is 1. The minimum atomic E-state index is -3.73. The van der Waals surface area contributed by atoms with Gasteiger partial charge in [0, 0.05) is 44.3 Å². The van der Waals surface area contributed by atoms with Crippen LogP contribution < -0.4 is 14.4 Å². The third-order valence-electron chi connectivity index (χ3n) is 6.37. The summed E-state index contributed by atoms with van der Waals surface area (Å²) in [5, 5.41) is 0. The summed E-state index contributed by atoms with van der Waals surface area (Å²) < 4.78 is 39.9. The van der Waals surface area contributed by atoms with Gasteiger partial charge in [0.25, 0.3) is 0 Å². The first kappa shape index (κ1) is 23.7. The highest BCUT2D eigenvalue weighted by molar-refractivity contribution is 7.89. The fourth-order valence-electron chi connectivity index (χ4n) is 4.70. The van der Waals surface area contributed by atoms with Crippen LogP contribution in [0.25, 0.3) is 0 Å². The van der Waals surface area contributed by atoms with Crippen LogP contribution in [0.5, 0.6) is 5.75 Å². The standard InChI is InChI=1S/C24H31N3O5S/c1-17-14-20-15-22(8-9-23(20)27(17)18(2)28)33(29,30)25-16-24(26-10-12-32-13-11-26)19-4-6-21(31-3)7-5-19/h4-9,15,17,24-25H,10-14,16H2,1-3H3/t17-,24+/m1/s1. The predicted molar refractivity (Wildman–Crippen MR) is 126 cm³/mol. The SMILES string of the molecule is COc1ccc([C@H](CNS(=O)(=O)c2ccc3c(c2)C[C@@H](C)N3C(C)=O)N2CCOCC2)cc1. The lowest BCUT2D eigenvalue weighted by Gasteiger charge is -2.35.